The number of benzene rings is 1. The predicted octanol–water partition coefficient (Wildman–Crippen LogP) is 0.646. The normalized spacial score (nSPS) is 10.6. The Bertz CT molecular complexity index is 611. The predicted molar refractivity (Wildman–Crippen MR) is 59.4 cm³/mol. The van der Waals surface area contributed by atoms with Crippen molar-refractivity contribution >= 4 is 22.8 Å². The van der Waals surface area contributed by atoms with Crippen molar-refractivity contribution in [3.8, 4) is 0 Å². The Morgan fingerprint density at radius 2 is 2.19 bits per heavy atom. The summed E-state index contributed by atoms with van der Waals surface area (Å²) < 4.78 is 6.34. The summed E-state index contributed by atoms with van der Waals surface area (Å²) in [6.45, 7) is 0. The lowest BCUT2D eigenvalue weighted by molar-refractivity contribution is 0.255. The average molecular weight is 221 g/mol. The van der Waals surface area contributed by atoms with Gasteiger partial charge in [0.05, 0.1) is 5.52 Å². The summed E-state index contributed by atoms with van der Waals surface area (Å²) in [5.74, 6) is -0.436. The lowest BCUT2D eigenvalue weighted by Crippen LogP contribution is -2.31. The van der Waals surface area contributed by atoms with E-state index in [9.17, 15) is 9.59 Å². The number of aromatic nitrogens is 1. The average Bonchev–Trinajstić information content (AvgIpc) is 2.53. The number of carbonyl (C=O) groups is 1. The summed E-state index contributed by atoms with van der Waals surface area (Å²) in [4.78, 5) is 23.5. The number of amides is 2. The quantitative estimate of drug-likeness (QED) is 0.767. The molecule has 84 valence electrons. The number of urea groups is 1. The molecule has 0 aliphatic heterocycles. The van der Waals surface area contributed by atoms with Crippen molar-refractivity contribution in [2.45, 2.75) is 0 Å². The van der Waals surface area contributed by atoms with Crippen molar-refractivity contribution in [2.24, 2.45) is 12.8 Å². The van der Waals surface area contributed by atoms with Crippen LogP contribution in [0.1, 0.15) is 0 Å². The molecule has 0 radical (unpaired) electrons. The number of rotatable bonds is 1. The van der Waals surface area contributed by atoms with Crippen molar-refractivity contribution in [1.82, 2.24) is 4.57 Å². The van der Waals surface area contributed by atoms with Gasteiger partial charge in [-0.2, -0.15) is 0 Å². The second-order valence-corrected chi connectivity index (χ2v) is 3.48. The van der Waals surface area contributed by atoms with E-state index in [0.717, 1.165) is 0 Å². The number of hydrogen-bond donors (Lipinski definition) is 1. The molecule has 6 nitrogen and oxygen atoms in total. The Morgan fingerprint density at radius 3 is 2.81 bits per heavy atom. The van der Waals surface area contributed by atoms with E-state index in [2.05, 4.69) is 0 Å². The third-order valence-corrected chi connectivity index (χ3v) is 2.49. The second kappa shape index (κ2) is 3.41. The summed E-state index contributed by atoms with van der Waals surface area (Å²) in [6, 6.07) is 4.40. The topological polar surface area (TPSA) is 81.5 Å². The Kier molecular flexibility index (Phi) is 2.19. The minimum atomic E-state index is -0.562. The number of anilines is 1. The van der Waals surface area contributed by atoms with Crippen LogP contribution in [0.15, 0.2) is 27.4 Å². The van der Waals surface area contributed by atoms with Crippen LogP contribution < -0.4 is 16.4 Å². The van der Waals surface area contributed by atoms with Gasteiger partial charge in [0.1, 0.15) is 0 Å². The zero-order valence-corrected chi connectivity index (χ0v) is 8.93. The summed E-state index contributed by atoms with van der Waals surface area (Å²) in [5, 5.41) is 0. The van der Waals surface area contributed by atoms with E-state index in [1.807, 2.05) is 0 Å². The first-order chi connectivity index (χ1) is 7.50. The van der Waals surface area contributed by atoms with Crippen molar-refractivity contribution in [3.05, 3.63) is 28.7 Å². The number of carbonyl (C=O) groups excluding carboxylic acids is 1. The van der Waals surface area contributed by atoms with Gasteiger partial charge < -0.3 is 10.2 Å². The van der Waals surface area contributed by atoms with Crippen LogP contribution in [0.4, 0.5) is 10.5 Å². The third-order valence-electron chi connectivity index (χ3n) is 2.49. The summed E-state index contributed by atoms with van der Waals surface area (Å²) >= 11 is 0. The summed E-state index contributed by atoms with van der Waals surface area (Å²) in [6.07, 6.45) is 0. The van der Waals surface area contributed by atoms with E-state index < -0.39 is 11.8 Å². The molecule has 2 N–H and O–H groups in total. The van der Waals surface area contributed by atoms with Gasteiger partial charge in [0.25, 0.3) is 0 Å². The number of oxazole rings is 1. The van der Waals surface area contributed by atoms with E-state index in [1.165, 1.54) is 9.47 Å². The van der Waals surface area contributed by atoms with E-state index in [0.29, 0.717) is 16.8 Å². The summed E-state index contributed by atoms with van der Waals surface area (Å²) in [7, 11) is 3.16. The minimum absolute atomic E-state index is 0.436. The fourth-order valence-electron chi connectivity index (χ4n) is 1.45. The van der Waals surface area contributed by atoms with Crippen LogP contribution in [0, 0.1) is 0 Å². The zero-order valence-electron chi connectivity index (χ0n) is 8.93. The molecule has 0 bridgehead atoms. The molecule has 0 aliphatic carbocycles. The molecule has 1 heterocycles. The monoisotopic (exact) mass is 221 g/mol. The number of aryl methyl sites for hydroxylation is 1. The van der Waals surface area contributed by atoms with Crippen LogP contribution in [0.2, 0.25) is 0 Å². The van der Waals surface area contributed by atoms with Crippen LogP contribution >= 0.6 is 0 Å². The fourth-order valence-corrected chi connectivity index (χ4v) is 1.45. The molecule has 0 unspecified atom stereocenters. The highest BCUT2D eigenvalue weighted by atomic mass is 16.4. The third kappa shape index (κ3) is 1.44. The lowest BCUT2D eigenvalue weighted by atomic mass is 10.2. The Labute approximate surface area is 90.9 Å². The first-order valence-corrected chi connectivity index (χ1v) is 4.63. The number of nitrogens with zero attached hydrogens (tertiary/aromatic N) is 2. The van der Waals surface area contributed by atoms with Crippen LogP contribution in [0.25, 0.3) is 11.1 Å². The molecule has 16 heavy (non-hydrogen) atoms. The molecule has 0 spiro atoms. The molecule has 0 atom stereocenters. The zero-order chi connectivity index (χ0) is 11.9. The van der Waals surface area contributed by atoms with Crippen LogP contribution in [0.5, 0.6) is 0 Å². The second-order valence-electron chi connectivity index (χ2n) is 3.48. The molecule has 0 saturated carbocycles. The van der Waals surface area contributed by atoms with E-state index in [4.69, 9.17) is 10.2 Å². The van der Waals surface area contributed by atoms with Gasteiger partial charge in [-0.15, -0.1) is 0 Å². The van der Waals surface area contributed by atoms with E-state index >= 15 is 0 Å². The van der Waals surface area contributed by atoms with Gasteiger partial charge in [0.15, 0.2) is 5.58 Å². The highest BCUT2D eigenvalue weighted by molar-refractivity contribution is 5.92. The highest BCUT2D eigenvalue weighted by Gasteiger charge is 2.10. The number of hydrogen-bond acceptors (Lipinski definition) is 3. The number of primary amides is 1. The van der Waals surface area contributed by atoms with Gasteiger partial charge in [0.2, 0.25) is 0 Å². The van der Waals surface area contributed by atoms with Crippen molar-refractivity contribution in [3.63, 3.8) is 0 Å². The molecule has 1 aromatic heterocycles. The van der Waals surface area contributed by atoms with Crippen LogP contribution in [0.3, 0.4) is 0 Å². The van der Waals surface area contributed by atoms with Crippen molar-refractivity contribution < 1.29 is 9.21 Å². The maximum atomic E-state index is 11.2. The Morgan fingerprint density at radius 1 is 1.50 bits per heavy atom. The molecule has 2 rings (SSSR count). The first kappa shape index (κ1) is 10.3. The molecule has 2 amide bonds. The molecule has 6 heteroatoms. The molecule has 0 saturated heterocycles. The van der Waals surface area contributed by atoms with Gasteiger partial charge in [0, 0.05) is 19.8 Å². The number of fused-ring (bicyclic) bond motifs is 1. The Hall–Kier alpha value is -2.24. The lowest BCUT2D eigenvalue weighted by Gasteiger charge is -2.13. The molecule has 1 aromatic carbocycles. The first-order valence-electron chi connectivity index (χ1n) is 4.63. The van der Waals surface area contributed by atoms with Gasteiger partial charge in [-0.1, -0.05) is 0 Å². The standard InChI is InChI=1S/C10H11N3O3/c1-12(9(11)14)6-3-4-8-7(5-6)13(2)10(15)16-8/h3-5H,1-2H3,(H2,11,14). The van der Waals surface area contributed by atoms with Crippen LogP contribution in [-0.4, -0.2) is 17.6 Å². The molecule has 2 aromatic rings. The van der Waals surface area contributed by atoms with Gasteiger partial charge in [-0.3, -0.25) is 9.47 Å². The van der Waals surface area contributed by atoms with Gasteiger partial charge in [-0.25, -0.2) is 9.59 Å². The van der Waals surface area contributed by atoms with Crippen molar-refractivity contribution in [2.75, 3.05) is 11.9 Å². The Balaban J connectivity index is 2.63. The van der Waals surface area contributed by atoms with E-state index in [-0.39, 0.29) is 0 Å². The largest absolute Gasteiger partial charge is 0.419 e. The molecule has 0 fully saturated rings. The van der Waals surface area contributed by atoms with Crippen molar-refractivity contribution in [1.29, 1.82) is 0 Å². The highest BCUT2D eigenvalue weighted by Crippen LogP contribution is 2.20. The maximum absolute atomic E-state index is 11.2. The molecular weight excluding hydrogens is 210 g/mol. The number of nitrogens with two attached hydrogens (primary N) is 1. The van der Waals surface area contributed by atoms with Crippen LogP contribution in [-0.2, 0) is 7.05 Å². The van der Waals surface area contributed by atoms with Gasteiger partial charge >= 0.3 is 11.8 Å². The molecular formula is C10H11N3O3. The fraction of sp³-hybridized carbons (Fsp3) is 0.200. The molecule has 0 aliphatic rings. The smallest absolute Gasteiger partial charge is 0.408 e. The summed E-state index contributed by atoms with van der Waals surface area (Å²) in [5.41, 5.74) is 6.86. The SMILES string of the molecule is CN(C(N)=O)c1ccc2oc(=O)n(C)c2c1. The van der Waals surface area contributed by atoms with Gasteiger partial charge in [-0.05, 0) is 18.2 Å². The maximum Gasteiger partial charge on any atom is 0.419 e. The van der Waals surface area contributed by atoms with E-state index in [1.54, 1.807) is 32.3 Å². The minimum Gasteiger partial charge on any atom is -0.408 e.